The minimum absolute atomic E-state index is 0.0822. The van der Waals surface area contributed by atoms with E-state index in [1.165, 1.54) is 22.7 Å². The lowest BCUT2D eigenvalue weighted by atomic mass is 10.2. The number of para-hydroxylation sites is 1. The fourth-order valence-electron chi connectivity index (χ4n) is 2.76. The zero-order chi connectivity index (χ0) is 20.5. The van der Waals surface area contributed by atoms with E-state index in [0.29, 0.717) is 31.3 Å². The van der Waals surface area contributed by atoms with E-state index in [9.17, 15) is 10.2 Å². The number of nitrogens with two attached hydrogens (primary N) is 1. The first kappa shape index (κ1) is 19.0. The Morgan fingerprint density at radius 2 is 1.66 bits per heavy atom. The van der Waals surface area contributed by atoms with Crippen molar-refractivity contribution in [3.05, 3.63) is 48.5 Å². The van der Waals surface area contributed by atoms with Crippen molar-refractivity contribution in [3.8, 4) is 32.0 Å². The summed E-state index contributed by atoms with van der Waals surface area (Å²) in [6.07, 6.45) is 0. The molecule has 2 aromatic heterocycles. The molecule has 4 aromatic rings. The predicted molar refractivity (Wildman–Crippen MR) is 120 cm³/mol. The maximum Gasteiger partial charge on any atom is 0.230 e. The van der Waals surface area contributed by atoms with Gasteiger partial charge in [-0.2, -0.15) is 0 Å². The summed E-state index contributed by atoms with van der Waals surface area (Å²) in [6.45, 7) is 0. The number of phenolic OH excluding ortho intramolecular Hbond substituents is 1. The SMILES string of the molecule is CN(C)c1ccc(Nc2nc(N)c(-c3nc(O)c(-c4ccccc4O)s3)s2)cc1. The number of aromatic hydroxyl groups is 2. The van der Waals surface area contributed by atoms with Crippen molar-refractivity contribution < 1.29 is 10.2 Å². The van der Waals surface area contributed by atoms with E-state index in [-0.39, 0.29) is 11.6 Å². The van der Waals surface area contributed by atoms with E-state index < -0.39 is 0 Å². The zero-order valence-corrected chi connectivity index (χ0v) is 17.4. The molecule has 0 fully saturated rings. The number of phenols is 1. The molecular weight excluding hydrogens is 406 g/mol. The van der Waals surface area contributed by atoms with Crippen molar-refractivity contribution in [2.45, 2.75) is 0 Å². The van der Waals surface area contributed by atoms with Gasteiger partial charge >= 0.3 is 0 Å². The van der Waals surface area contributed by atoms with E-state index in [2.05, 4.69) is 15.3 Å². The Hall–Kier alpha value is -3.30. The molecule has 0 aliphatic carbocycles. The number of nitrogens with one attached hydrogen (secondary N) is 1. The van der Waals surface area contributed by atoms with Gasteiger partial charge in [-0.05, 0) is 36.4 Å². The van der Waals surface area contributed by atoms with E-state index >= 15 is 0 Å². The van der Waals surface area contributed by atoms with Gasteiger partial charge in [0.15, 0.2) is 5.13 Å². The number of benzene rings is 2. The van der Waals surface area contributed by atoms with E-state index in [1.54, 1.807) is 24.3 Å². The summed E-state index contributed by atoms with van der Waals surface area (Å²) in [5, 5.41) is 24.8. The first-order valence-electron chi connectivity index (χ1n) is 8.71. The summed E-state index contributed by atoms with van der Waals surface area (Å²) >= 11 is 2.61. The van der Waals surface area contributed by atoms with Crippen molar-refractivity contribution in [1.82, 2.24) is 9.97 Å². The van der Waals surface area contributed by atoms with Crippen molar-refractivity contribution in [2.24, 2.45) is 0 Å². The third-order valence-electron chi connectivity index (χ3n) is 4.24. The molecule has 0 aliphatic heterocycles. The second kappa shape index (κ2) is 7.61. The first-order valence-corrected chi connectivity index (χ1v) is 10.3. The number of anilines is 4. The molecule has 0 saturated carbocycles. The Bertz CT molecular complexity index is 1150. The highest BCUT2D eigenvalue weighted by Gasteiger charge is 2.20. The average Bonchev–Trinajstić information content (AvgIpc) is 3.25. The maximum absolute atomic E-state index is 10.3. The largest absolute Gasteiger partial charge is 0.507 e. The van der Waals surface area contributed by atoms with Crippen molar-refractivity contribution in [2.75, 3.05) is 30.0 Å². The summed E-state index contributed by atoms with van der Waals surface area (Å²) in [5.41, 5.74) is 8.63. The van der Waals surface area contributed by atoms with Crippen molar-refractivity contribution in [3.63, 3.8) is 0 Å². The van der Waals surface area contributed by atoms with Gasteiger partial charge < -0.3 is 26.2 Å². The van der Waals surface area contributed by atoms with Gasteiger partial charge in [0.1, 0.15) is 26.3 Å². The minimum atomic E-state index is -0.145. The second-order valence-electron chi connectivity index (χ2n) is 6.49. The van der Waals surface area contributed by atoms with Crippen LogP contribution in [0.1, 0.15) is 0 Å². The number of rotatable bonds is 5. The molecule has 7 nitrogen and oxygen atoms in total. The molecule has 2 heterocycles. The summed E-state index contributed by atoms with van der Waals surface area (Å²) in [5.74, 6) is 0.270. The van der Waals surface area contributed by atoms with Gasteiger partial charge in [0.05, 0.1) is 0 Å². The standard InChI is InChI=1S/C20H19N5O2S2/c1-25(2)12-9-7-11(8-10-12)22-20-23-17(21)16(29-20)19-24-18(27)15(28-19)13-5-3-4-6-14(13)26/h3-10,26-27H,21H2,1-2H3,(H,22,23). The van der Waals surface area contributed by atoms with E-state index in [1.807, 2.05) is 43.3 Å². The zero-order valence-electron chi connectivity index (χ0n) is 15.7. The molecule has 0 spiro atoms. The molecule has 9 heteroatoms. The van der Waals surface area contributed by atoms with Gasteiger partial charge in [-0.1, -0.05) is 23.5 Å². The molecule has 0 saturated heterocycles. The van der Waals surface area contributed by atoms with Crippen molar-refractivity contribution in [1.29, 1.82) is 0 Å². The molecule has 2 aromatic carbocycles. The van der Waals surface area contributed by atoms with E-state index in [0.717, 1.165) is 11.4 Å². The van der Waals surface area contributed by atoms with Crippen LogP contribution in [0.4, 0.5) is 22.3 Å². The number of aromatic nitrogens is 2. The molecular formula is C20H19N5O2S2. The first-order chi connectivity index (χ1) is 13.9. The van der Waals surface area contributed by atoms with Crippen LogP contribution < -0.4 is 16.0 Å². The van der Waals surface area contributed by atoms with Crippen LogP contribution in [0.3, 0.4) is 0 Å². The fraction of sp³-hybridized carbons (Fsp3) is 0.100. The molecule has 5 N–H and O–H groups in total. The van der Waals surface area contributed by atoms with Crippen molar-refractivity contribution >= 4 is 45.0 Å². The molecule has 0 radical (unpaired) electrons. The average molecular weight is 426 g/mol. The Morgan fingerprint density at radius 3 is 2.34 bits per heavy atom. The molecule has 29 heavy (non-hydrogen) atoms. The lowest BCUT2D eigenvalue weighted by Crippen LogP contribution is -2.08. The van der Waals surface area contributed by atoms with Gasteiger partial charge in [-0.15, -0.1) is 11.3 Å². The third-order valence-corrected chi connectivity index (χ3v) is 6.46. The predicted octanol–water partition coefficient (Wildman–Crippen LogP) is 4.74. The topological polar surface area (TPSA) is 108 Å². The quantitative estimate of drug-likeness (QED) is 0.366. The Kier molecular flexibility index (Phi) is 4.99. The van der Waals surface area contributed by atoms with Gasteiger partial charge in [0.25, 0.3) is 0 Å². The Balaban J connectivity index is 1.62. The highest BCUT2D eigenvalue weighted by atomic mass is 32.1. The fourth-order valence-corrected chi connectivity index (χ4v) is 4.74. The lowest BCUT2D eigenvalue weighted by Gasteiger charge is -2.12. The Labute approximate surface area is 175 Å². The van der Waals surface area contributed by atoms with Crippen LogP contribution in [0, 0.1) is 0 Å². The minimum Gasteiger partial charge on any atom is -0.507 e. The van der Waals surface area contributed by atoms with Crippen LogP contribution in [0.5, 0.6) is 11.6 Å². The number of thiazole rings is 2. The van der Waals surface area contributed by atoms with Crippen LogP contribution in [0.2, 0.25) is 0 Å². The van der Waals surface area contributed by atoms with Gasteiger partial charge in [0, 0.05) is 31.0 Å². The lowest BCUT2D eigenvalue weighted by molar-refractivity contribution is 0.457. The molecule has 4 rings (SSSR count). The number of hydrogen-bond donors (Lipinski definition) is 4. The van der Waals surface area contributed by atoms with Crippen LogP contribution in [0.15, 0.2) is 48.5 Å². The highest BCUT2D eigenvalue weighted by Crippen LogP contribution is 2.46. The normalized spacial score (nSPS) is 10.8. The maximum atomic E-state index is 10.3. The molecule has 0 bridgehead atoms. The summed E-state index contributed by atoms with van der Waals surface area (Å²) in [7, 11) is 3.98. The number of hydrogen-bond acceptors (Lipinski definition) is 9. The molecule has 0 amide bonds. The van der Waals surface area contributed by atoms with Gasteiger partial charge in [0.2, 0.25) is 5.88 Å². The number of nitrogens with zero attached hydrogens (tertiary/aromatic N) is 3. The molecule has 0 unspecified atom stereocenters. The third kappa shape index (κ3) is 3.82. The summed E-state index contributed by atoms with van der Waals surface area (Å²) in [6, 6.07) is 14.8. The number of nitrogen functional groups attached to an aromatic ring is 1. The van der Waals surface area contributed by atoms with Crippen LogP contribution in [0.25, 0.3) is 20.3 Å². The molecule has 0 aliphatic rings. The van der Waals surface area contributed by atoms with Crippen LogP contribution in [-0.4, -0.2) is 34.3 Å². The monoisotopic (exact) mass is 425 g/mol. The smallest absolute Gasteiger partial charge is 0.230 e. The molecule has 148 valence electrons. The summed E-state index contributed by atoms with van der Waals surface area (Å²) in [4.78, 5) is 11.8. The van der Waals surface area contributed by atoms with Gasteiger partial charge in [-0.3, -0.25) is 0 Å². The highest BCUT2D eigenvalue weighted by molar-refractivity contribution is 7.25. The Morgan fingerprint density at radius 1 is 0.931 bits per heavy atom. The summed E-state index contributed by atoms with van der Waals surface area (Å²) < 4.78 is 0. The van der Waals surface area contributed by atoms with Gasteiger partial charge in [-0.25, -0.2) is 9.97 Å². The second-order valence-corrected chi connectivity index (χ2v) is 8.49. The van der Waals surface area contributed by atoms with Crippen LogP contribution >= 0.6 is 22.7 Å². The molecule has 0 atom stereocenters. The van der Waals surface area contributed by atoms with Crippen LogP contribution in [-0.2, 0) is 0 Å². The van der Waals surface area contributed by atoms with E-state index in [4.69, 9.17) is 5.73 Å².